The summed E-state index contributed by atoms with van der Waals surface area (Å²) in [5.41, 5.74) is -0.989. The van der Waals surface area contributed by atoms with Crippen molar-refractivity contribution in [1.29, 1.82) is 0 Å². The Morgan fingerprint density at radius 3 is 2.47 bits per heavy atom. The number of rotatable bonds is 6. The molecular weight excluding hydrogens is 405 g/mol. The summed E-state index contributed by atoms with van der Waals surface area (Å²) < 4.78 is 40.5. The number of non-ortho nitro benzene ring substituents is 1. The number of aromatic nitrogens is 2. The minimum absolute atomic E-state index is 0.0374. The van der Waals surface area contributed by atoms with Crippen molar-refractivity contribution >= 4 is 11.6 Å². The molecule has 2 N–H and O–H groups in total. The molecule has 3 aromatic rings. The van der Waals surface area contributed by atoms with Gasteiger partial charge in [0, 0.05) is 24.9 Å². The smallest absolute Gasteiger partial charge is 0.387 e. The van der Waals surface area contributed by atoms with E-state index >= 15 is 0 Å². The monoisotopic (exact) mass is 420 g/mol. The van der Waals surface area contributed by atoms with Crippen molar-refractivity contribution in [3.63, 3.8) is 0 Å². The number of carbonyl (C=O) groups excluding carboxylic acids is 1. The largest absolute Gasteiger partial charge is 0.416 e. The Labute approximate surface area is 167 Å². The number of nitrogens with zero attached hydrogens (tertiary/aromatic N) is 3. The Kier molecular flexibility index (Phi) is 5.83. The summed E-state index contributed by atoms with van der Waals surface area (Å²) in [5.74, 6) is -0.695. The number of benzene rings is 2. The molecular formula is C19H15F3N4O4. The predicted octanol–water partition coefficient (Wildman–Crippen LogP) is 3.26. The van der Waals surface area contributed by atoms with Gasteiger partial charge in [-0.05, 0) is 29.8 Å². The molecule has 1 atom stereocenters. The van der Waals surface area contributed by atoms with E-state index in [9.17, 15) is 33.2 Å². The van der Waals surface area contributed by atoms with Gasteiger partial charge in [-0.15, -0.1) is 0 Å². The Balaban J connectivity index is 1.67. The molecule has 0 aliphatic carbocycles. The number of nitrogens with one attached hydrogen (secondary N) is 1. The van der Waals surface area contributed by atoms with Gasteiger partial charge in [0.25, 0.3) is 11.6 Å². The molecule has 0 radical (unpaired) electrons. The quantitative estimate of drug-likeness (QED) is 0.470. The molecule has 156 valence electrons. The second kappa shape index (κ2) is 8.33. The maximum atomic E-state index is 13.1. The van der Waals surface area contributed by atoms with Gasteiger partial charge in [0.15, 0.2) is 5.69 Å². The molecule has 1 heterocycles. The summed E-state index contributed by atoms with van der Waals surface area (Å²) in [6, 6.07) is 11.4. The summed E-state index contributed by atoms with van der Waals surface area (Å²) in [4.78, 5) is 22.4. The lowest BCUT2D eigenvalue weighted by Gasteiger charge is -2.17. The van der Waals surface area contributed by atoms with Gasteiger partial charge < -0.3 is 10.4 Å². The van der Waals surface area contributed by atoms with E-state index in [1.807, 2.05) is 0 Å². The molecule has 0 bridgehead atoms. The van der Waals surface area contributed by atoms with Crippen LogP contribution in [-0.4, -0.2) is 32.3 Å². The average Bonchev–Trinajstić information content (AvgIpc) is 3.21. The lowest BCUT2D eigenvalue weighted by molar-refractivity contribution is -0.384. The first-order chi connectivity index (χ1) is 14.2. The van der Waals surface area contributed by atoms with Crippen LogP contribution in [-0.2, 0) is 6.18 Å². The van der Waals surface area contributed by atoms with Crippen LogP contribution < -0.4 is 5.32 Å². The second-order valence-corrected chi connectivity index (χ2v) is 6.23. The van der Waals surface area contributed by atoms with E-state index in [1.54, 1.807) is 0 Å². The Morgan fingerprint density at radius 1 is 1.17 bits per heavy atom. The minimum atomic E-state index is -4.63. The molecule has 3 rings (SSSR count). The lowest BCUT2D eigenvalue weighted by Crippen LogP contribution is -2.29. The highest BCUT2D eigenvalue weighted by molar-refractivity contribution is 5.92. The third-order valence-electron chi connectivity index (χ3n) is 4.23. The first-order valence-electron chi connectivity index (χ1n) is 8.59. The van der Waals surface area contributed by atoms with Crippen LogP contribution in [0.3, 0.4) is 0 Å². The number of nitro benzene ring substituents is 1. The molecule has 1 unspecified atom stereocenters. The zero-order valence-corrected chi connectivity index (χ0v) is 15.2. The van der Waals surface area contributed by atoms with Gasteiger partial charge in [0.05, 0.1) is 22.3 Å². The number of halogens is 3. The molecule has 11 heteroatoms. The third-order valence-corrected chi connectivity index (χ3v) is 4.23. The molecule has 2 aromatic carbocycles. The summed E-state index contributed by atoms with van der Waals surface area (Å²) >= 11 is 0. The van der Waals surface area contributed by atoms with Crippen molar-refractivity contribution in [1.82, 2.24) is 15.1 Å². The van der Waals surface area contributed by atoms with E-state index in [2.05, 4.69) is 10.4 Å². The first-order valence-corrected chi connectivity index (χ1v) is 8.59. The van der Waals surface area contributed by atoms with E-state index in [-0.39, 0.29) is 16.9 Å². The predicted molar refractivity (Wildman–Crippen MR) is 99.0 cm³/mol. The fourth-order valence-corrected chi connectivity index (χ4v) is 2.75. The Bertz CT molecular complexity index is 1060. The molecule has 0 saturated heterocycles. The summed E-state index contributed by atoms with van der Waals surface area (Å²) in [6.07, 6.45) is -4.75. The molecule has 0 aliphatic rings. The van der Waals surface area contributed by atoms with Gasteiger partial charge in [0.1, 0.15) is 0 Å². The Morgan fingerprint density at radius 2 is 1.83 bits per heavy atom. The molecule has 30 heavy (non-hydrogen) atoms. The molecule has 1 aromatic heterocycles. The van der Waals surface area contributed by atoms with Crippen molar-refractivity contribution in [3.8, 4) is 5.69 Å². The fourth-order valence-electron chi connectivity index (χ4n) is 2.75. The van der Waals surface area contributed by atoms with Gasteiger partial charge in [-0.3, -0.25) is 14.9 Å². The number of nitro groups is 1. The number of hydrogen-bond donors (Lipinski definition) is 2. The van der Waals surface area contributed by atoms with E-state index < -0.39 is 35.2 Å². The number of amides is 1. The van der Waals surface area contributed by atoms with Gasteiger partial charge in [-0.2, -0.15) is 18.3 Å². The van der Waals surface area contributed by atoms with Gasteiger partial charge in [0.2, 0.25) is 0 Å². The molecule has 0 fully saturated rings. The number of hydrogen-bond acceptors (Lipinski definition) is 5. The number of alkyl halides is 3. The molecule has 1 amide bonds. The van der Waals surface area contributed by atoms with Gasteiger partial charge in [-0.1, -0.05) is 18.2 Å². The number of aliphatic hydroxyl groups excluding tert-OH is 1. The van der Waals surface area contributed by atoms with Gasteiger partial charge >= 0.3 is 6.18 Å². The van der Waals surface area contributed by atoms with Gasteiger partial charge in [-0.25, -0.2) is 4.68 Å². The topological polar surface area (TPSA) is 110 Å². The Hall–Kier alpha value is -3.73. The standard InChI is InChI=1S/C19H15F3N4O4/c20-19(21,22)15-4-2-1-3-14(15)17(27)11-23-18(28)16-9-10-25(24-16)12-5-7-13(8-6-12)26(29)30/h1-10,17,27H,11H2,(H,23,28). The summed E-state index contributed by atoms with van der Waals surface area (Å²) in [5, 5.41) is 27.2. The second-order valence-electron chi connectivity index (χ2n) is 6.23. The normalized spacial score (nSPS) is 12.4. The highest BCUT2D eigenvalue weighted by atomic mass is 19.4. The van der Waals surface area contributed by atoms with Crippen molar-refractivity contribution in [2.75, 3.05) is 6.54 Å². The van der Waals surface area contributed by atoms with Crippen LogP contribution in [0.5, 0.6) is 0 Å². The summed E-state index contributed by atoms with van der Waals surface area (Å²) in [6.45, 7) is -0.448. The first kappa shape index (κ1) is 21.0. The zero-order chi connectivity index (χ0) is 21.9. The summed E-state index contributed by atoms with van der Waals surface area (Å²) in [7, 11) is 0. The van der Waals surface area contributed by atoms with Crippen LogP contribution in [0.25, 0.3) is 5.69 Å². The van der Waals surface area contributed by atoms with Crippen molar-refractivity contribution in [3.05, 3.63) is 87.7 Å². The van der Waals surface area contributed by atoms with Crippen molar-refractivity contribution in [2.45, 2.75) is 12.3 Å². The van der Waals surface area contributed by atoms with Crippen LogP contribution in [0.15, 0.2) is 60.8 Å². The third kappa shape index (κ3) is 4.63. The van der Waals surface area contributed by atoms with Crippen LogP contribution in [0.2, 0.25) is 0 Å². The highest BCUT2D eigenvalue weighted by Crippen LogP contribution is 2.34. The number of carbonyl (C=O) groups is 1. The molecule has 8 nitrogen and oxygen atoms in total. The van der Waals surface area contributed by atoms with Crippen LogP contribution in [0, 0.1) is 10.1 Å². The lowest BCUT2D eigenvalue weighted by atomic mass is 10.0. The minimum Gasteiger partial charge on any atom is -0.387 e. The van der Waals surface area contributed by atoms with Crippen LogP contribution in [0.4, 0.5) is 18.9 Å². The molecule has 0 aliphatic heterocycles. The zero-order valence-electron chi connectivity index (χ0n) is 15.2. The maximum Gasteiger partial charge on any atom is 0.416 e. The van der Waals surface area contributed by atoms with Crippen molar-refractivity contribution < 1.29 is 28.0 Å². The van der Waals surface area contributed by atoms with E-state index in [0.29, 0.717) is 5.69 Å². The van der Waals surface area contributed by atoms with E-state index in [1.165, 1.54) is 53.3 Å². The average molecular weight is 420 g/mol. The highest BCUT2D eigenvalue weighted by Gasteiger charge is 2.34. The van der Waals surface area contributed by atoms with E-state index in [0.717, 1.165) is 12.1 Å². The SMILES string of the molecule is O=C(NCC(O)c1ccccc1C(F)(F)F)c1ccn(-c2ccc([N+](=O)[O-])cc2)n1. The molecule has 0 spiro atoms. The number of aliphatic hydroxyl groups is 1. The van der Waals surface area contributed by atoms with Crippen molar-refractivity contribution in [2.24, 2.45) is 0 Å². The van der Waals surface area contributed by atoms with Crippen LogP contribution >= 0.6 is 0 Å². The fraction of sp³-hybridized carbons (Fsp3) is 0.158. The van der Waals surface area contributed by atoms with E-state index in [4.69, 9.17) is 0 Å². The maximum absolute atomic E-state index is 13.1. The molecule has 0 saturated carbocycles. The van der Waals surface area contributed by atoms with Crippen LogP contribution in [0.1, 0.15) is 27.7 Å².